The third kappa shape index (κ3) is 4.77. The third-order valence-electron chi connectivity index (χ3n) is 5.65. The molecule has 29 heavy (non-hydrogen) atoms. The van der Waals surface area contributed by atoms with Crippen molar-refractivity contribution in [2.24, 2.45) is 0 Å². The van der Waals surface area contributed by atoms with Gasteiger partial charge in [-0.2, -0.15) is 0 Å². The number of rotatable bonds is 6. The van der Waals surface area contributed by atoms with Crippen LogP contribution in [0, 0.1) is 0 Å². The summed E-state index contributed by atoms with van der Waals surface area (Å²) in [6, 6.07) is 18.8. The number of amides is 2. The molecule has 2 heterocycles. The fraction of sp³-hybridized carbons (Fsp3) is 0.391. The summed E-state index contributed by atoms with van der Waals surface area (Å²) in [5, 5.41) is 2.70. The first-order chi connectivity index (χ1) is 14.1. The smallest absolute Gasteiger partial charge is 0.414 e. The number of anilines is 1. The third-order valence-corrected chi connectivity index (χ3v) is 5.65. The Balaban J connectivity index is 1.34. The summed E-state index contributed by atoms with van der Waals surface area (Å²) in [4.78, 5) is 27.4. The van der Waals surface area contributed by atoms with Gasteiger partial charge in [-0.3, -0.25) is 14.6 Å². The van der Waals surface area contributed by atoms with Crippen LogP contribution < -0.4 is 10.2 Å². The molecule has 1 N–H and O–H groups in total. The number of benzene rings is 2. The molecular formula is C23H27N3O3. The minimum Gasteiger partial charge on any atom is -0.442 e. The van der Waals surface area contributed by atoms with E-state index in [2.05, 4.69) is 52.7 Å². The van der Waals surface area contributed by atoms with Crippen LogP contribution >= 0.6 is 0 Å². The number of nitrogens with one attached hydrogen (secondary N) is 1. The molecule has 4 rings (SSSR count). The normalized spacial score (nSPS) is 22.0. The van der Waals surface area contributed by atoms with Crippen LogP contribution in [0.3, 0.4) is 0 Å². The van der Waals surface area contributed by atoms with Gasteiger partial charge >= 0.3 is 6.09 Å². The summed E-state index contributed by atoms with van der Waals surface area (Å²) in [6.45, 7) is 5.40. The molecule has 0 bridgehead atoms. The lowest BCUT2D eigenvalue weighted by Crippen LogP contribution is -2.33. The average Bonchev–Trinajstić information content (AvgIpc) is 3.34. The van der Waals surface area contributed by atoms with E-state index in [1.54, 1.807) is 4.90 Å². The number of carbonyl (C=O) groups is 2. The van der Waals surface area contributed by atoms with Gasteiger partial charge in [-0.15, -0.1) is 0 Å². The fourth-order valence-electron chi connectivity index (χ4n) is 4.11. The molecule has 2 amide bonds. The molecular weight excluding hydrogens is 366 g/mol. The molecule has 6 nitrogen and oxygen atoms in total. The van der Waals surface area contributed by atoms with Crippen molar-refractivity contribution in [1.82, 2.24) is 10.2 Å². The quantitative estimate of drug-likeness (QED) is 0.819. The van der Waals surface area contributed by atoms with Gasteiger partial charge in [0.1, 0.15) is 6.10 Å². The number of hydrogen-bond donors (Lipinski definition) is 1. The Morgan fingerprint density at radius 2 is 1.86 bits per heavy atom. The maximum atomic E-state index is 12.2. The average molecular weight is 393 g/mol. The SMILES string of the molecule is CC(=O)NC[C@H]1CN(c2ccc(C3CCN(Cc4ccccc4)C3)cc2)C(=O)O1. The Morgan fingerprint density at radius 3 is 2.59 bits per heavy atom. The van der Waals surface area contributed by atoms with E-state index in [1.165, 1.54) is 18.1 Å². The van der Waals surface area contributed by atoms with E-state index >= 15 is 0 Å². The second kappa shape index (κ2) is 8.66. The minimum absolute atomic E-state index is 0.123. The molecule has 2 fully saturated rings. The molecule has 0 saturated carbocycles. The topological polar surface area (TPSA) is 61.9 Å². The largest absolute Gasteiger partial charge is 0.442 e. The predicted octanol–water partition coefficient (Wildman–Crippen LogP) is 3.14. The Kier molecular flexibility index (Phi) is 5.81. The molecule has 2 saturated heterocycles. The monoisotopic (exact) mass is 393 g/mol. The van der Waals surface area contributed by atoms with Gasteiger partial charge in [0.05, 0.1) is 13.1 Å². The van der Waals surface area contributed by atoms with Crippen LogP contribution in [0.5, 0.6) is 0 Å². The highest BCUT2D eigenvalue weighted by Crippen LogP contribution is 2.30. The van der Waals surface area contributed by atoms with Crippen LogP contribution in [0.4, 0.5) is 10.5 Å². The van der Waals surface area contributed by atoms with Crippen LogP contribution in [0.1, 0.15) is 30.4 Å². The number of likely N-dealkylation sites (tertiary alicyclic amines) is 1. The van der Waals surface area contributed by atoms with E-state index in [1.807, 2.05) is 12.1 Å². The molecule has 2 aliphatic heterocycles. The van der Waals surface area contributed by atoms with Gasteiger partial charge in [0.2, 0.25) is 5.91 Å². The Bertz CT molecular complexity index is 853. The zero-order valence-electron chi connectivity index (χ0n) is 16.7. The van der Waals surface area contributed by atoms with Crippen molar-refractivity contribution < 1.29 is 14.3 Å². The van der Waals surface area contributed by atoms with Gasteiger partial charge in [0.15, 0.2) is 0 Å². The van der Waals surface area contributed by atoms with Gasteiger partial charge in [0.25, 0.3) is 0 Å². The molecule has 2 aromatic carbocycles. The summed E-state index contributed by atoms with van der Waals surface area (Å²) in [6.07, 6.45) is 0.479. The first-order valence-electron chi connectivity index (χ1n) is 10.2. The number of ether oxygens (including phenoxy) is 1. The molecule has 0 aromatic heterocycles. The van der Waals surface area contributed by atoms with Gasteiger partial charge in [0, 0.05) is 25.7 Å². The van der Waals surface area contributed by atoms with E-state index in [9.17, 15) is 9.59 Å². The Morgan fingerprint density at radius 1 is 1.10 bits per heavy atom. The van der Waals surface area contributed by atoms with Gasteiger partial charge in [-0.1, -0.05) is 42.5 Å². The molecule has 2 aliphatic rings. The Hall–Kier alpha value is -2.86. The summed E-state index contributed by atoms with van der Waals surface area (Å²) < 4.78 is 5.35. The number of carbonyl (C=O) groups excluding carboxylic acids is 2. The lowest BCUT2D eigenvalue weighted by atomic mass is 9.98. The first-order valence-corrected chi connectivity index (χ1v) is 10.2. The van der Waals surface area contributed by atoms with Gasteiger partial charge < -0.3 is 10.1 Å². The molecule has 2 atom stereocenters. The number of hydrogen-bond acceptors (Lipinski definition) is 4. The molecule has 2 aromatic rings. The zero-order chi connectivity index (χ0) is 20.2. The highest BCUT2D eigenvalue weighted by atomic mass is 16.6. The van der Waals surface area contributed by atoms with Gasteiger partial charge in [-0.25, -0.2) is 4.79 Å². The summed E-state index contributed by atoms with van der Waals surface area (Å²) in [5.74, 6) is 0.396. The lowest BCUT2D eigenvalue weighted by molar-refractivity contribution is -0.119. The highest BCUT2D eigenvalue weighted by molar-refractivity contribution is 5.89. The van der Waals surface area contributed by atoms with Crippen LogP contribution in [-0.2, 0) is 16.1 Å². The maximum Gasteiger partial charge on any atom is 0.414 e. The standard InChI is InChI=1S/C23H27N3O3/c1-17(27)24-13-22-16-26(23(28)29-22)21-9-7-19(8-10-21)20-11-12-25(15-20)14-18-5-3-2-4-6-18/h2-10,20,22H,11-16H2,1H3,(H,24,27)/t20?,22-/m0/s1. The molecule has 1 unspecified atom stereocenters. The van der Waals surface area contributed by atoms with Crippen LogP contribution in [-0.4, -0.2) is 49.2 Å². The maximum absolute atomic E-state index is 12.2. The van der Waals surface area contributed by atoms with Crippen LogP contribution in [0.25, 0.3) is 0 Å². The molecule has 0 radical (unpaired) electrons. The van der Waals surface area contributed by atoms with Gasteiger partial charge in [-0.05, 0) is 42.1 Å². The summed E-state index contributed by atoms with van der Waals surface area (Å²) >= 11 is 0. The van der Waals surface area contributed by atoms with Crippen molar-refractivity contribution in [2.45, 2.75) is 31.9 Å². The Labute approximate surface area is 171 Å². The first kappa shape index (κ1) is 19.5. The summed E-state index contributed by atoms with van der Waals surface area (Å²) in [7, 11) is 0. The number of nitrogens with zero attached hydrogens (tertiary/aromatic N) is 2. The van der Waals surface area contributed by atoms with Crippen molar-refractivity contribution in [2.75, 3.05) is 31.1 Å². The highest BCUT2D eigenvalue weighted by Gasteiger charge is 2.32. The fourth-order valence-corrected chi connectivity index (χ4v) is 4.11. The molecule has 0 spiro atoms. The van der Waals surface area contributed by atoms with Crippen LogP contribution in [0.15, 0.2) is 54.6 Å². The zero-order valence-corrected chi connectivity index (χ0v) is 16.7. The van der Waals surface area contributed by atoms with E-state index in [0.29, 0.717) is 19.0 Å². The second-order valence-electron chi connectivity index (χ2n) is 7.85. The molecule has 0 aliphatic carbocycles. The predicted molar refractivity (Wildman–Crippen MR) is 112 cm³/mol. The molecule has 6 heteroatoms. The lowest BCUT2D eigenvalue weighted by Gasteiger charge is -2.17. The second-order valence-corrected chi connectivity index (χ2v) is 7.85. The minimum atomic E-state index is -0.358. The van der Waals surface area contributed by atoms with Crippen LogP contribution in [0.2, 0.25) is 0 Å². The molecule has 152 valence electrons. The summed E-state index contributed by atoms with van der Waals surface area (Å²) in [5.41, 5.74) is 3.50. The van der Waals surface area contributed by atoms with Crippen molar-refractivity contribution >= 4 is 17.7 Å². The van der Waals surface area contributed by atoms with E-state index in [0.717, 1.165) is 31.7 Å². The van der Waals surface area contributed by atoms with Crippen molar-refractivity contribution in [3.8, 4) is 0 Å². The van der Waals surface area contributed by atoms with Crippen molar-refractivity contribution in [3.63, 3.8) is 0 Å². The van der Waals surface area contributed by atoms with E-state index in [4.69, 9.17) is 4.74 Å². The van der Waals surface area contributed by atoms with E-state index in [-0.39, 0.29) is 18.1 Å². The van der Waals surface area contributed by atoms with E-state index < -0.39 is 0 Å². The number of cyclic esters (lactones) is 1. The van der Waals surface area contributed by atoms with Crippen molar-refractivity contribution in [3.05, 3.63) is 65.7 Å². The van der Waals surface area contributed by atoms with Crippen molar-refractivity contribution in [1.29, 1.82) is 0 Å².